The Morgan fingerprint density at radius 1 is 1.29 bits per heavy atom. The first kappa shape index (κ1) is 24.4. The van der Waals surface area contributed by atoms with Crippen LogP contribution in [0.25, 0.3) is 5.57 Å². The normalized spacial score (nSPS) is 21.9. The van der Waals surface area contributed by atoms with Crippen molar-refractivity contribution in [2.45, 2.75) is 58.2 Å². The van der Waals surface area contributed by atoms with Gasteiger partial charge in [-0.2, -0.15) is 0 Å². The van der Waals surface area contributed by atoms with Crippen molar-refractivity contribution in [2.75, 3.05) is 26.7 Å². The molecular weight excluding hydrogens is 428 g/mol. The summed E-state index contributed by atoms with van der Waals surface area (Å²) in [4.78, 5) is 26.3. The molecule has 2 aromatic heterocycles. The van der Waals surface area contributed by atoms with E-state index in [2.05, 4.69) is 34.9 Å². The zero-order valence-corrected chi connectivity index (χ0v) is 20.5. The van der Waals surface area contributed by atoms with Crippen molar-refractivity contribution in [1.82, 2.24) is 19.8 Å². The molecule has 3 heterocycles. The average molecular weight is 465 g/mol. The van der Waals surface area contributed by atoms with Crippen molar-refractivity contribution in [3.8, 4) is 5.88 Å². The standard InChI is InChI=1S/C27H36N4O3/c1-19-15-31(20(2)18-32)27(33)24-13-23(22-7-5-4-6-8-22)14-29-26(24)34-25(19)17-30(3)16-21-9-11-28-12-10-21/h7,9-14,19-20,25,32H,4-6,8,15-18H2,1-3H3/t19-,20-,25+/m1/s1. The third kappa shape index (κ3) is 5.65. The summed E-state index contributed by atoms with van der Waals surface area (Å²) in [6.45, 7) is 5.88. The third-order valence-corrected chi connectivity index (χ3v) is 6.88. The van der Waals surface area contributed by atoms with Gasteiger partial charge in [-0.25, -0.2) is 4.98 Å². The van der Waals surface area contributed by atoms with Gasteiger partial charge in [0.2, 0.25) is 5.88 Å². The lowest BCUT2D eigenvalue weighted by Gasteiger charge is -2.37. The summed E-state index contributed by atoms with van der Waals surface area (Å²) in [5.41, 5.74) is 3.91. The molecule has 1 N–H and O–H groups in total. The van der Waals surface area contributed by atoms with Gasteiger partial charge in [-0.3, -0.25) is 14.7 Å². The zero-order valence-electron chi connectivity index (χ0n) is 20.5. The second-order valence-electron chi connectivity index (χ2n) is 9.73. The predicted octanol–water partition coefficient (Wildman–Crippen LogP) is 3.79. The van der Waals surface area contributed by atoms with E-state index in [1.807, 2.05) is 31.3 Å². The Labute approximate surface area is 202 Å². The van der Waals surface area contributed by atoms with Crippen LogP contribution in [0.2, 0.25) is 0 Å². The second kappa shape index (κ2) is 11.1. The van der Waals surface area contributed by atoms with Crippen LogP contribution in [-0.4, -0.2) is 69.7 Å². The Hall–Kier alpha value is -2.77. The molecule has 0 bridgehead atoms. The summed E-state index contributed by atoms with van der Waals surface area (Å²) in [5.74, 6) is 0.320. The largest absolute Gasteiger partial charge is 0.472 e. The molecular formula is C27H36N4O3. The van der Waals surface area contributed by atoms with E-state index in [4.69, 9.17) is 4.74 Å². The number of ether oxygens (including phenoxy) is 1. The van der Waals surface area contributed by atoms with Crippen LogP contribution in [0.15, 0.2) is 42.9 Å². The molecule has 0 unspecified atom stereocenters. The Morgan fingerprint density at radius 3 is 2.79 bits per heavy atom. The average Bonchev–Trinajstić information content (AvgIpc) is 2.86. The van der Waals surface area contributed by atoms with E-state index in [0.29, 0.717) is 24.5 Å². The number of hydrogen-bond acceptors (Lipinski definition) is 6. The molecule has 0 saturated heterocycles. The molecule has 34 heavy (non-hydrogen) atoms. The van der Waals surface area contributed by atoms with Crippen LogP contribution in [0.4, 0.5) is 0 Å². The molecule has 2 aliphatic rings. The number of aromatic nitrogens is 2. The molecule has 182 valence electrons. The molecule has 4 rings (SSSR count). The number of allylic oxidation sites excluding steroid dienone is 2. The van der Waals surface area contributed by atoms with Crippen molar-refractivity contribution < 1.29 is 14.6 Å². The summed E-state index contributed by atoms with van der Waals surface area (Å²) in [6.07, 6.45) is 12.0. The number of fused-ring (bicyclic) bond motifs is 1. The fraction of sp³-hybridized carbons (Fsp3) is 0.519. The van der Waals surface area contributed by atoms with Crippen molar-refractivity contribution in [2.24, 2.45) is 5.92 Å². The number of carbonyl (C=O) groups excluding carboxylic acids is 1. The van der Waals surface area contributed by atoms with E-state index in [1.54, 1.807) is 17.3 Å². The molecule has 3 atom stereocenters. The monoisotopic (exact) mass is 464 g/mol. The quantitative estimate of drug-likeness (QED) is 0.672. The molecule has 1 amide bonds. The van der Waals surface area contributed by atoms with Gasteiger partial charge >= 0.3 is 0 Å². The maximum Gasteiger partial charge on any atom is 0.259 e. The highest BCUT2D eigenvalue weighted by Crippen LogP contribution is 2.32. The van der Waals surface area contributed by atoms with Gasteiger partial charge in [-0.1, -0.05) is 13.0 Å². The number of likely N-dealkylation sites (N-methyl/N-ethyl adjacent to an activating group) is 1. The van der Waals surface area contributed by atoms with E-state index in [-0.39, 0.29) is 30.6 Å². The number of amides is 1. The van der Waals surface area contributed by atoms with Gasteiger partial charge in [-0.15, -0.1) is 0 Å². The molecule has 1 aliphatic carbocycles. The summed E-state index contributed by atoms with van der Waals surface area (Å²) in [6, 6.07) is 5.68. The molecule has 0 spiro atoms. The van der Waals surface area contributed by atoms with Crippen molar-refractivity contribution in [3.63, 3.8) is 0 Å². The highest BCUT2D eigenvalue weighted by atomic mass is 16.5. The van der Waals surface area contributed by atoms with E-state index >= 15 is 0 Å². The van der Waals surface area contributed by atoms with Gasteiger partial charge in [0.1, 0.15) is 11.7 Å². The van der Waals surface area contributed by atoms with Crippen LogP contribution in [0.3, 0.4) is 0 Å². The minimum absolute atomic E-state index is 0.0634. The Bertz CT molecular complexity index is 1010. The van der Waals surface area contributed by atoms with Crippen LogP contribution in [0.1, 0.15) is 61.0 Å². The highest BCUT2D eigenvalue weighted by molar-refractivity contribution is 5.97. The predicted molar refractivity (Wildman–Crippen MR) is 132 cm³/mol. The molecule has 0 radical (unpaired) electrons. The number of aliphatic hydroxyl groups excluding tert-OH is 1. The molecule has 7 nitrogen and oxygen atoms in total. The molecule has 0 aromatic carbocycles. The zero-order chi connectivity index (χ0) is 24.1. The Balaban J connectivity index is 1.63. The summed E-state index contributed by atoms with van der Waals surface area (Å²) in [7, 11) is 2.07. The van der Waals surface area contributed by atoms with Crippen molar-refractivity contribution >= 4 is 11.5 Å². The topological polar surface area (TPSA) is 78.8 Å². The van der Waals surface area contributed by atoms with Crippen LogP contribution in [0, 0.1) is 5.92 Å². The first-order valence-corrected chi connectivity index (χ1v) is 12.3. The number of aliphatic hydroxyl groups is 1. The van der Waals surface area contributed by atoms with Gasteiger partial charge in [0.15, 0.2) is 0 Å². The maximum atomic E-state index is 13.6. The van der Waals surface area contributed by atoms with Crippen LogP contribution >= 0.6 is 0 Å². The smallest absolute Gasteiger partial charge is 0.259 e. The first-order chi connectivity index (χ1) is 16.5. The minimum atomic E-state index is -0.284. The minimum Gasteiger partial charge on any atom is -0.472 e. The third-order valence-electron chi connectivity index (χ3n) is 6.88. The molecule has 2 aromatic rings. The summed E-state index contributed by atoms with van der Waals surface area (Å²) < 4.78 is 6.44. The van der Waals surface area contributed by atoms with Gasteiger partial charge < -0.3 is 14.7 Å². The fourth-order valence-electron chi connectivity index (χ4n) is 4.77. The van der Waals surface area contributed by atoms with Gasteiger partial charge in [0, 0.05) is 44.1 Å². The fourth-order valence-corrected chi connectivity index (χ4v) is 4.77. The number of pyridine rings is 2. The van der Waals surface area contributed by atoms with Crippen LogP contribution < -0.4 is 4.74 Å². The number of rotatable bonds is 7. The number of nitrogens with zero attached hydrogens (tertiary/aromatic N) is 4. The Kier molecular flexibility index (Phi) is 7.95. The van der Waals surface area contributed by atoms with E-state index in [1.165, 1.54) is 17.6 Å². The number of hydrogen-bond donors (Lipinski definition) is 1. The lowest BCUT2D eigenvalue weighted by atomic mass is 9.93. The summed E-state index contributed by atoms with van der Waals surface area (Å²) >= 11 is 0. The SMILES string of the molecule is C[C@@H]1CN([C@H](C)CO)C(=O)c2cc(C3=CCCCC3)cnc2O[C@H]1CN(C)Cc1ccncc1. The van der Waals surface area contributed by atoms with Crippen LogP contribution in [-0.2, 0) is 6.54 Å². The van der Waals surface area contributed by atoms with Gasteiger partial charge in [0.25, 0.3) is 5.91 Å². The molecule has 7 heteroatoms. The maximum absolute atomic E-state index is 13.6. The lowest BCUT2D eigenvalue weighted by Crippen LogP contribution is -2.49. The highest BCUT2D eigenvalue weighted by Gasteiger charge is 2.34. The molecule has 0 saturated carbocycles. The molecule has 1 aliphatic heterocycles. The second-order valence-corrected chi connectivity index (χ2v) is 9.73. The Morgan fingerprint density at radius 2 is 2.09 bits per heavy atom. The summed E-state index contributed by atoms with van der Waals surface area (Å²) in [5, 5.41) is 9.87. The molecule has 0 fully saturated rings. The van der Waals surface area contributed by atoms with Gasteiger partial charge in [-0.05, 0) is 74.6 Å². The lowest BCUT2D eigenvalue weighted by molar-refractivity contribution is 0.0325. The first-order valence-electron chi connectivity index (χ1n) is 12.3. The van der Waals surface area contributed by atoms with Crippen molar-refractivity contribution in [3.05, 3.63) is 59.6 Å². The van der Waals surface area contributed by atoms with Crippen LogP contribution in [0.5, 0.6) is 5.88 Å². The number of carbonyl (C=O) groups is 1. The van der Waals surface area contributed by atoms with E-state index in [9.17, 15) is 9.90 Å². The van der Waals surface area contributed by atoms with Crippen molar-refractivity contribution in [1.29, 1.82) is 0 Å². The van der Waals surface area contributed by atoms with E-state index in [0.717, 1.165) is 31.4 Å². The van der Waals surface area contributed by atoms with Gasteiger partial charge in [0.05, 0.1) is 12.6 Å². The van der Waals surface area contributed by atoms with E-state index < -0.39 is 0 Å².